The summed E-state index contributed by atoms with van der Waals surface area (Å²) in [6, 6.07) is 6.99. The molecule has 0 saturated heterocycles. The van der Waals surface area contributed by atoms with Crippen molar-refractivity contribution in [2.75, 3.05) is 13.4 Å². The Labute approximate surface area is 162 Å². The van der Waals surface area contributed by atoms with Crippen LogP contribution in [-0.2, 0) is 6.54 Å². The van der Waals surface area contributed by atoms with E-state index in [-0.39, 0.29) is 23.5 Å². The molecule has 0 radical (unpaired) electrons. The Hall–Kier alpha value is -3.65. The number of aromatic amines is 1. The second kappa shape index (κ2) is 7.93. The van der Waals surface area contributed by atoms with Gasteiger partial charge in [-0.3, -0.25) is 19.6 Å². The average molecular weight is 398 g/mol. The third-order valence-corrected chi connectivity index (χ3v) is 4.50. The predicted molar refractivity (Wildman–Crippen MR) is 101 cm³/mol. The van der Waals surface area contributed by atoms with Crippen LogP contribution < -0.4 is 10.3 Å². The van der Waals surface area contributed by atoms with Crippen LogP contribution in [0.1, 0.15) is 11.1 Å². The summed E-state index contributed by atoms with van der Waals surface area (Å²) in [5, 5.41) is 24.6. The van der Waals surface area contributed by atoms with Crippen LogP contribution in [0.25, 0.3) is 11.3 Å². The van der Waals surface area contributed by atoms with Crippen LogP contribution in [0.3, 0.4) is 0 Å². The molecule has 0 fully saturated rings. The van der Waals surface area contributed by atoms with Gasteiger partial charge in [0, 0.05) is 11.1 Å². The lowest BCUT2D eigenvalue weighted by Crippen LogP contribution is -2.14. The monoisotopic (exact) mass is 398 g/mol. The molecule has 28 heavy (non-hydrogen) atoms. The number of ether oxygens (including phenoxy) is 1. The average Bonchev–Trinajstić information content (AvgIpc) is 3.16. The van der Waals surface area contributed by atoms with Crippen molar-refractivity contribution in [2.45, 2.75) is 11.7 Å². The van der Waals surface area contributed by atoms with E-state index >= 15 is 0 Å². The molecule has 1 aromatic carbocycles. The van der Waals surface area contributed by atoms with Crippen molar-refractivity contribution in [1.29, 1.82) is 5.26 Å². The molecule has 0 unspecified atom stereocenters. The topological polar surface area (TPSA) is 140 Å². The Morgan fingerprint density at radius 3 is 2.86 bits per heavy atom. The SMILES string of the molecule is COc1ccc(-c2nc(SC)[nH]c(=O)c2C#N)cc1Cn1cc([N+](=O)[O-])cn1. The van der Waals surface area contributed by atoms with Crippen LogP contribution in [0.5, 0.6) is 5.75 Å². The van der Waals surface area contributed by atoms with E-state index in [2.05, 4.69) is 15.1 Å². The van der Waals surface area contributed by atoms with Gasteiger partial charge in [0.05, 0.1) is 24.3 Å². The largest absolute Gasteiger partial charge is 0.496 e. The number of methoxy groups -OCH3 is 1. The Morgan fingerprint density at radius 2 is 2.25 bits per heavy atom. The number of rotatable bonds is 6. The van der Waals surface area contributed by atoms with Gasteiger partial charge < -0.3 is 9.72 Å². The van der Waals surface area contributed by atoms with Gasteiger partial charge in [-0.2, -0.15) is 10.4 Å². The van der Waals surface area contributed by atoms with Crippen molar-refractivity contribution >= 4 is 17.4 Å². The van der Waals surface area contributed by atoms with Gasteiger partial charge in [0.2, 0.25) is 0 Å². The lowest BCUT2D eigenvalue weighted by Gasteiger charge is -2.12. The van der Waals surface area contributed by atoms with Gasteiger partial charge in [0.25, 0.3) is 5.56 Å². The number of nitrogens with zero attached hydrogens (tertiary/aromatic N) is 5. The van der Waals surface area contributed by atoms with Gasteiger partial charge in [0.1, 0.15) is 29.8 Å². The zero-order chi connectivity index (χ0) is 20.3. The van der Waals surface area contributed by atoms with E-state index < -0.39 is 10.5 Å². The number of hydrogen-bond acceptors (Lipinski definition) is 8. The molecule has 10 nitrogen and oxygen atoms in total. The second-order valence-electron chi connectivity index (χ2n) is 5.59. The Kier molecular flexibility index (Phi) is 5.42. The third-order valence-electron chi connectivity index (χ3n) is 3.92. The highest BCUT2D eigenvalue weighted by Gasteiger charge is 2.16. The fourth-order valence-electron chi connectivity index (χ4n) is 2.62. The summed E-state index contributed by atoms with van der Waals surface area (Å²) in [6.45, 7) is 0.200. The fourth-order valence-corrected chi connectivity index (χ4v) is 3.00. The quantitative estimate of drug-likeness (QED) is 0.288. The maximum absolute atomic E-state index is 12.2. The fraction of sp³-hybridized carbons (Fsp3) is 0.176. The van der Waals surface area contributed by atoms with Gasteiger partial charge in [0.15, 0.2) is 5.16 Å². The molecule has 0 atom stereocenters. The maximum atomic E-state index is 12.2. The van der Waals surface area contributed by atoms with Crippen LogP contribution in [0.4, 0.5) is 5.69 Å². The molecular weight excluding hydrogens is 384 g/mol. The van der Waals surface area contributed by atoms with E-state index in [0.29, 0.717) is 22.0 Å². The molecule has 2 heterocycles. The Balaban J connectivity index is 2.09. The number of H-pyrrole nitrogens is 1. The number of benzene rings is 1. The molecule has 0 amide bonds. The minimum atomic E-state index is -0.527. The second-order valence-corrected chi connectivity index (χ2v) is 6.39. The molecule has 0 aliphatic heterocycles. The van der Waals surface area contributed by atoms with Crippen LogP contribution >= 0.6 is 11.8 Å². The third kappa shape index (κ3) is 3.72. The normalized spacial score (nSPS) is 10.5. The molecule has 2 aromatic heterocycles. The van der Waals surface area contributed by atoms with Gasteiger partial charge in [-0.1, -0.05) is 11.8 Å². The van der Waals surface area contributed by atoms with Gasteiger partial charge in [-0.05, 0) is 24.5 Å². The van der Waals surface area contributed by atoms with Crippen molar-refractivity contribution in [3.05, 3.63) is 62.2 Å². The highest BCUT2D eigenvalue weighted by atomic mass is 32.2. The van der Waals surface area contributed by atoms with E-state index in [9.17, 15) is 20.2 Å². The zero-order valence-electron chi connectivity index (χ0n) is 14.9. The summed E-state index contributed by atoms with van der Waals surface area (Å²) in [4.78, 5) is 29.4. The lowest BCUT2D eigenvalue weighted by atomic mass is 10.0. The van der Waals surface area contributed by atoms with Crippen LogP contribution in [-0.4, -0.2) is 38.0 Å². The standard InChI is InChI=1S/C17H14N6O4S/c1-27-14-4-3-10(15-13(6-18)16(24)21-17(20-15)28-2)5-11(14)8-22-9-12(7-19-22)23(25)26/h3-5,7,9H,8H2,1-2H3,(H,20,21,24). The molecule has 11 heteroatoms. The smallest absolute Gasteiger partial charge is 0.307 e. The molecule has 0 spiro atoms. The number of hydrogen-bond donors (Lipinski definition) is 1. The van der Waals surface area contributed by atoms with Crippen molar-refractivity contribution < 1.29 is 9.66 Å². The number of nitro groups is 1. The van der Waals surface area contributed by atoms with E-state index in [0.717, 1.165) is 6.20 Å². The van der Waals surface area contributed by atoms with Crippen molar-refractivity contribution in [3.8, 4) is 23.1 Å². The van der Waals surface area contributed by atoms with Crippen LogP contribution in [0.15, 0.2) is 40.5 Å². The number of thioether (sulfide) groups is 1. The van der Waals surface area contributed by atoms with Crippen LogP contribution in [0.2, 0.25) is 0 Å². The van der Waals surface area contributed by atoms with E-state index in [1.807, 2.05) is 6.07 Å². The molecule has 3 rings (SSSR count). The first-order valence-electron chi connectivity index (χ1n) is 7.89. The predicted octanol–water partition coefficient (Wildman–Crippen LogP) is 2.19. The molecule has 0 bridgehead atoms. The molecule has 3 aromatic rings. The first-order valence-corrected chi connectivity index (χ1v) is 9.11. The van der Waals surface area contributed by atoms with E-state index in [4.69, 9.17) is 4.74 Å². The van der Waals surface area contributed by atoms with Crippen molar-refractivity contribution in [3.63, 3.8) is 0 Å². The summed E-state index contributed by atoms with van der Waals surface area (Å²) in [5.41, 5.74) is 0.736. The first-order chi connectivity index (χ1) is 13.5. The molecule has 0 aliphatic rings. The van der Waals surface area contributed by atoms with Gasteiger partial charge in [-0.25, -0.2) is 4.98 Å². The Morgan fingerprint density at radius 1 is 1.46 bits per heavy atom. The highest BCUT2D eigenvalue weighted by molar-refractivity contribution is 7.98. The molecule has 142 valence electrons. The molecule has 0 aliphatic carbocycles. The zero-order valence-corrected chi connectivity index (χ0v) is 15.7. The summed E-state index contributed by atoms with van der Waals surface area (Å²) >= 11 is 1.25. The number of aromatic nitrogens is 4. The van der Waals surface area contributed by atoms with E-state index in [1.165, 1.54) is 29.8 Å². The summed E-state index contributed by atoms with van der Waals surface area (Å²) in [7, 11) is 1.50. The van der Waals surface area contributed by atoms with Crippen molar-refractivity contribution in [2.24, 2.45) is 0 Å². The molecular formula is C17H14N6O4S. The maximum Gasteiger partial charge on any atom is 0.307 e. The first kappa shape index (κ1) is 19.1. The summed E-state index contributed by atoms with van der Waals surface area (Å²) in [5.74, 6) is 0.537. The summed E-state index contributed by atoms with van der Waals surface area (Å²) in [6.07, 6.45) is 4.23. The minimum absolute atomic E-state index is 0.0938. The summed E-state index contributed by atoms with van der Waals surface area (Å²) < 4.78 is 6.76. The van der Waals surface area contributed by atoms with Gasteiger partial charge >= 0.3 is 5.69 Å². The van der Waals surface area contributed by atoms with Crippen LogP contribution in [0, 0.1) is 21.4 Å². The number of nitriles is 1. The molecule has 0 saturated carbocycles. The lowest BCUT2D eigenvalue weighted by molar-refractivity contribution is -0.385. The Bertz CT molecular complexity index is 1150. The van der Waals surface area contributed by atoms with E-state index in [1.54, 1.807) is 24.5 Å². The number of nitrogens with one attached hydrogen (secondary N) is 1. The highest BCUT2D eigenvalue weighted by Crippen LogP contribution is 2.28. The van der Waals surface area contributed by atoms with Gasteiger partial charge in [-0.15, -0.1) is 0 Å². The van der Waals surface area contributed by atoms with Crippen molar-refractivity contribution in [1.82, 2.24) is 19.7 Å². The molecule has 1 N–H and O–H groups in total. The minimum Gasteiger partial charge on any atom is -0.496 e.